The van der Waals surface area contributed by atoms with Crippen LogP contribution in [0.4, 0.5) is 0 Å². The van der Waals surface area contributed by atoms with Gasteiger partial charge in [-0.2, -0.15) is 5.10 Å². The number of carbonyl (C=O) groups excluding carboxylic acids is 1. The van der Waals surface area contributed by atoms with Crippen molar-refractivity contribution in [2.24, 2.45) is 5.10 Å². The summed E-state index contributed by atoms with van der Waals surface area (Å²) in [6.45, 7) is 1.77. The standard InChI is InChI=1S/C15H13N3O2/c1-10(14-7-4-8-20-14)17-18-15(19)12-9-16-13-6-3-2-5-11(12)13/h2-9,16H,1H3,(H,18,19)/b17-10-. The van der Waals surface area contributed by atoms with Crippen molar-refractivity contribution in [3.63, 3.8) is 0 Å². The molecule has 0 bridgehead atoms. The number of nitrogens with one attached hydrogen (secondary N) is 2. The van der Waals surface area contributed by atoms with Crippen molar-refractivity contribution in [1.29, 1.82) is 0 Å². The highest BCUT2D eigenvalue weighted by atomic mass is 16.3. The molecule has 0 unspecified atom stereocenters. The summed E-state index contributed by atoms with van der Waals surface area (Å²) in [5, 5.41) is 4.91. The number of fused-ring (bicyclic) bond motifs is 1. The Morgan fingerprint density at radius 2 is 2.10 bits per heavy atom. The van der Waals surface area contributed by atoms with E-state index in [0.29, 0.717) is 17.0 Å². The number of nitrogens with zero attached hydrogens (tertiary/aromatic N) is 1. The van der Waals surface area contributed by atoms with Crippen molar-refractivity contribution in [1.82, 2.24) is 10.4 Å². The van der Waals surface area contributed by atoms with Crippen LogP contribution in [0, 0.1) is 0 Å². The van der Waals surface area contributed by atoms with Gasteiger partial charge >= 0.3 is 0 Å². The molecule has 2 heterocycles. The van der Waals surface area contributed by atoms with Crippen LogP contribution in [0.25, 0.3) is 10.9 Å². The molecule has 3 rings (SSSR count). The molecule has 5 nitrogen and oxygen atoms in total. The molecule has 0 spiro atoms. The van der Waals surface area contributed by atoms with Crippen LogP contribution in [-0.4, -0.2) is 16.6 Å². The number of benzene rings is 1. The van der Waals surface area contributed by atoms with Crippen LogP contribution >= 0.6 is 0 Å². The Kier molecular flexibility index (Phi) is 3.09. The van der Waals surface area contributed by atoms with Gasteiger partial charge in [-0.05, 0) is 25.1 Å². The van der Waals surface area contributed by atoms with Crippen LogP contribution in [0.1, 0.15) is 23.0 Å². The Hall–Kier alpha value is -2.82. The van der Waals surface area contributed by atoms with Crippen LogP contribution in [0.3, 0.4) is 0 Å². The molecule has 0 aliphatic heterocycles. The highest BCUT2D eigenvalue weighted by Crippen LogP contribution is 2.17. The molecular weight excluding hydrogens is 254 g/mol. The Balaban J connectivity index is 1.82. The molecule has 0 saturated heterocycles. The minimum atomic E-state index is -0.256. The SMILES string of the molecule is C/C(=N/NC(=O)c1c[nH]c2ccccc12)c1ccco1. The highest BCUT2D eigenvalue weighted by Gasteiger charge is 2.11. The molecule has 0 radical (unpaired) electrons. The molecule has 3 aromatic rings. The molecule has 0 atom stereocenters. The molecular formula is C15H13N3O2. The molecule has 0 aliphatic carbocycles. The predicted octanol–water partition coefficient (Wildman–Crippen LogP) is 2.91. The van der Waals surface area contributed by atoms with Gasteiger partial charge in [-0.25, -0.2) is 5.43 Å². The van der Waals surface area contributed by atoms with Gasteiger partial charge in [0.1, 0.15) is 11.5 Å². The molecule has 5 heteroatoms. The van der Waals surface area contributed by atoms with E-state index in [1.54, 1.807) is 31.5 Å². The number of amides is 1. The lowest BCUT2D eigenvalue weighted by molar-refractivity contribution is 0.0956. The molecule has 20 heavy (non-hydrogen) atoms. The van der Waals surface area contributed by atoms with E-state index in [1.165, 1.54) is 0 Å². The van der Waals surface area contributed by atoms with E-state index in [1.807, 2.05) is 24.3 Å². The second-order valence-electron chi connectivity index (χ2n) is 4.36. The summed E-state index contributed by atoms with van der Waals surface area (Å²) in [4.78, 5) is 15.2. The van der Waals surface area contributed by atoms with Gasteiger partial charge in [0, 0.05) is 17.1 Å². The number of para-hydroxylation sites is 1. The van der Waals surface area contributed by atoms with Crippen molar-refractivity contribution >= 4 is 22.5 Å². The van der Waals surface area contributed by atoms with Crippen molar-refractivity contribution in [3.05, 3.63) is 60.2 Å². The molecule has 0 aliphatic rings. The maximum atomic E-state index is 12.1. The Bertz CT molecular complexity index is 769. The van der Waals surface area contributed by atoms with Crippen molar-refractivity contribution < 1.29 is 9.21 Å². The van der Waals surface area contributed by atoms with Gasteiger partial charge in [-0.1, -0.05) is 18.2 Å². The monoisotopic (exact) mass is 267 g/mol. The lowest BCUT2D eigenvalue weighted by Gasteiger charge is -2.00. The largest absolute Gasteiger partial charge is 0.463 e. The maximum absolute atomic E-state index is 12.1. The number of aromatic amines is 1. The molecule has 0 fully saturated rings. The van der Waals surface area contributed by atoms with Crippen molar-refractivity contribution in [3.8, 4) is 0 Å². The molecule has 0 saturated carbocycles. The van der Waals surface area contributed by atoms with Crippen LogP contribution in [-0.2, 0) is 0 Å². The van der Waals surface area contributed by atoms with Gasteiger partial charge in [0.15, 0.2) is 0 Å². The Morgan fingerprint density at radius 3 is 2.90 bits per heavy atom. The lowest BCUT2D eigenvalue weighted by atomic mass is 10.2. The fourth-order valence-electron chi connectivity index (χ4n) is 1.99. The number of furan rings is 1. The van der Waals surface area contributed by atoms with Gasteiger partial charge in [0.05, 0.1) is 11.8 Å². The topological polar surface area (TPSA) is 70.4 Å². The fourth-order valence-corrected chi connectivity index (χ4v) is 1.99. The molecule has 1 amide bonds. The third-order valence-corrected chi connectivity index (χ3v) is 3.04. The first-order valence-corrected chi connectivity index (χ1v) is 6.20. The van der Waals surface area contributed by atoms with E-state index in [-0.39, 0.29) is 5.91 Å². The van der Waals surface area contributed by atoms with Gasteiger partial charge in [0.2, 0.25) is 0 Å². The number of rotatable bonds is 3. The number of carbonyl (C=O) groups is 1. The average molecular weight is 267 g/mol. The van der Waals surface area contributed by atoms with Crippen LogP contribution in [0.2, 0.25) is 0 Å². The Morgan fingerprint density at radius 1 is 1.25 bits per heavy atom. The number of aromatic nitrogens is 1. The zero-order valence-electron chi connectivity index (χ0n) is 10.9. The quantitative estimate of drug-likeness (QED) is 0.565. The molecule has 1 aromatic carbocycles. The van der Waals surface area contributed by atoms with Crippen LogP contribution in [0.15, 0.2) is 58.4 Å². The van der Waals surface area contributed by atoms with Crippen LogP contribution in [0.5, 0.6) is 0 Å². The molecule has 2 aromatic heterocycles. The average Bonchev–Trinajstić information content (AvgIpc) is 3.13. The second-order valence-corrected chi connectivity index (χ2v) is 4.36. The second kappa shape index (κ2) is 5.05. The van der Waals surface area contributed by atoms with E-state index < -0.39 is 0 Å². The normalized spacial score (nSPS) is 11.8. The zero-order chi connectivity index (χ0) is 13.9. The number of hydrogen-bond acceptors (Lipinski definition) is 3. The predicted molar refractivity (Wildman–Crippen MR) is 76.7 cm³/mol. The maximum Gasteiger partial charge on any atom is 0.273 e. The summed E-state index contributed by atoms with van der Waals surface area (Å²) in [6.07, 6.45) is 3.24. The first-order valence-electron chi connectivity index (χ1n) is 6.20. The summed E-state index contributed by atoms with van der Waals surface area (Å²) in [7, 11) is 0. The van der Waals surface area contributed by atoms with E-state index in [9.17, 15) is 4.79 Å². The summed E-state index contributed by atoms with van der Waals surface area (Å²) in [5.74, 6) is 0.373. The number of H-pyrrole nitrogens is 1. The minimum absolute atomic E-state index is 0.256. The van der Waals surface area contributed by atoms with Gasteiger partial charge < -0.3 is 9.40 Å². The van der Waals surface area contributed by atoms with Crippen molar-refractivity contribution in [2.45, 2.75) is 6.92 Å². The summed E-state index contributed by atoms with van der Waals surface area (Å²) < 4.78 is 5.20. The molecule has 2 N–H and O–H groups in total. The lowest BCUT2D eigenvalue weighted by Crippen LogP contribution is -2.18. The van der Waals surface area contributed by atoms with E-state index in [2.05, 4.69) is 15.5 Å². The minimum Gasteiger partial charge on any atom is -0.463 e. The van der Waals surface area contributed by atoms with E-state index in [4.69, 9.17) is 4.42 Å². The molecule has 100 valence electrons. The summed E-state index contributed by atoms with van der Waals surface area (Å²) >= 11 is 0. The third-order valence-electron chi connectivity index (χ3n) is 3.04. The van der Waals surface area contributed by atoms with Gasteiger partial charge in [0.25, 0.3) is 5.91 Å². The van der Waals surface area contributed by atoms with E-state index in [0.717, 1.165) is 10.9 Å². The van der Waals surface area contributed by atoms with Crippen molar-refractivity contribution in [2.75, 3.05) is 0 Å². The van der Waals surface area contributed by atoms with Gasteiger partial charge in [-0.3, -0.25) is 4.79 Å². The number of hydrazone groups is 1. The zero-order valence-corrected chi connectivity index (χ0v) is 10.9. The van der Waals surface area contributed by atoms with E-state index >= 15 is 0 Å². The number of hydrogen-bond donors (Lipinski definition) is 2. The van der Waals surface area contributed by atoms with Crippen LogP contribution < -0.4 is 5.43 Å². The first kappa shape index (κ1) is 12.2. The fraction of sp³-hybridized carbons (Fsp3) is 0.0667. The summed E-state index contributed by atoms with van der Waals surface area (Å²) in [5.41, 5.74) is 4.64. The third kappa shape index (κ3) is 2.21. The Labute approximate surface area is 115 Å². The smallest absolute Gasteiger partial charge is 0.273 e. The first-order chi connectivity index (χ1) is 9.75. The highest BCUT2D eigenvalue weighted by molar-refractivity contribution is 6.07. The van der Waals surface area contributed by atoms with Gasteiger partial charge in [-0.15, -0.1) is 0 Å². The summed E-state index contributed by atoms with van der Waals surface area (Å²) in [6, 6.07) is 11.2.